The maximum Gasteiger partial charge on any atom is 0.416 e. The van der Waals surface area contributed by atoms with Crippen LogP contribution >= 0.6 is 11.6 Å². The van der Waals surface area contributed by atoms with Crippen LogP contribution < -0.4 is 10.1 Å². The summed E-state index contributed by atoms with van der Waals surface area (Å²) in [5.74, 6) is -0.409. The number of rotatable bonds is 5. The summed E-state index contributed by atoms with van der Waals surface area (Å²) in [6.07, 6.45) is -2.90. The molecule has 1 saturated heterocycles. The van der Waals surface area contributed by atoms with Crippen molar-refractivity contribution in [3.8, 4) is 5.75 Å². The molecular formula is C19H17ClF3NO3. The molecule has 1 aliphatic heterocycles. The molecule has 0 bridgehead atoms. The molecule has 3 rings (SSSR count). The van der Waals surface area contributed by atoms with Crippen molar-refractivity contribution in [2.75, 3.05) is 18.5 Å². The van der Waals surface area contributed by atoms with E-state index >= 15 is 0 Å². The monoisotopic (exact) mass is 399 g/mol. The van der Waals surface area contributed by atoms with Crippen molar-refractivity contribution >= 4 is 23.2 Å². The van der Waals surface area contributed by atoms with E-state index in [0.717, 1.165) is 25.0 Å². The Labute approximate surface area is 159 Å². The largest absolute Gasteiger partial charge is 0.489 e. The fraction of sp³-hybridized carbons (Fsp3) is 0.316. The minimum absolute atomic E-state index is 0.0530. The molecule has 144 valence electrons. The summed E-state index contributed by atoms with van der Waals surface area (Å²) in [5.41, 5.74) is -0.664. The minimum Gasteiger partial charge on any atom is -0.489 e. The zero-order valence-electron chi connectivity index (χ0n) is 14.2. The molecule has 0 spiro atoms. The lowest BCUT2D eigenvalue weighted by Crippen LogP contribution is -2.18. The van der Waals surface area contributed by atoms with E-state index in [1.54, 1.807) is 0 Å². The van der Waals surface area contributed by atoms with Gasteiger partial charge in [0, 0.05) is 17.2 Å². The zero-order chi connectivity index (χ0) is 19.4. The van der Waals surface area contributed by atoms with Crippen LogP contribution in [0.15, 0.2) is 42.5 Å². The predicted octanol–water partition coefficient (Wildman–Crippen LogP) is 5.17. The van der Waals surface area contributed by atoms with Gasteiger partial charge in [0.05, 0.1) is 17.4 Å². The average molecular weight is 400 g/mol. The summed E-state index contributed by atoms with van der Waals surface area (Å²) < 4.78 is 50.2. The second-order valence-corrected chi connectivity index (χ2v) is 6.55. The van der Waals surface area contributed by atoms with Crippen LogP contribution in [0.2, 0.25) is 5.02 Å². The summed E-state index contributed by atoms with van der Waals surface area (Å²) in [6.45, 7) is 0.844. The summed E-state index contributed by atoms with van der Waals surface area (Å²) in [6, 6.07) is 9.00. The van der Waals surface area contributed by atoms with E-state index in [4.69, 9.17) is 21.1 Å². The van der Waals surface area contributed by atoms with E-state index in [0.29, 0.717) is 11.6 Å². The number of halogens is 4. The average Bonchev–Trinajstić information content (AvgIpc) is 3.14. The predicted molar refractivity (Wildman–Crippen MR) is 95.3 cm³/mol. The normalized spacial score (nSPS) is 17.0. The van der Waals surface area contributed by atoms with E-state index in [-0.39, 0.29) is 29.7 Å². The van der Waals surface area contributed by atoms with Gasteiger partial charge in [-0.25, -0.2) is 0 Å². The maximum atomic E-state index is 13.0. The number of benzene rings is 2. The highest BCUT2D eigenvalue weighted by molar-refractivity contribution is 6.30. The molecule has 1 heterocycles. The first-order chi connectivity index (χ1) is 12.8. The summed E-state index contributed by atoms with van der Waals surface area (Å²) in [7, 11) is 0. The lowest BCUT2D eigenvalue weighted by Gasteiger charge is -2.17. The van der Waals surface area contributed by atoms with Crippen molar-refractivity contribution < 1.29 is 27.4 Å². The van der Waals surface area contributed by atoms with Crippen molar-refractivity contribution in [2.24, 2.45) is 0 Å². The van der Waals surface area contributed by atoms with Gasteiger partial charge in [0.1, 0.15) is 12.4 Å². The van der Waals surface area contributed by atoms with Crippen LogP contribution in [0.4, 0.5) is 18.9 Å². The number of hydrogen-bond acceptors (Lipinski definition) is 3. The summed E-state index contributed by atoms with van der Waals surface area (Å²) in [5, 5.41) is 2.94. The molecule has 0 aromatic heterocycles. The molecular weight excluding hydrogens is 383 g/mol. The highest BCUT2D eigenvalue weighted by Crippen LogP contribution is 2.35. The number of nitrogens with one attached hydrogen (secondary N) is 1. The van der Waals surface area contributed by atoms with Crippen LogP contribution in [-0.2, 0) is 10.9 Å². The van der Waals surface area contributed by atoms with Gasteiger partial charge in [0.15, 0.2) is 0 Å². The highest BCUT2D eigenvalue weighted by atomic mass is 35.5. The Morgan fingerprint density at radius 1 is 1.22 bits per heavy atom. The van der Waals surface area contributed by atoms with Gasteiger partial charge < -0.3 is 14.8 Å². The van der Waals surface area contributed by atoms with Crippen molar-refractivity contribution in [3.63, 3.8) is 0 Å². The van der Waals surface area contributed by atoms with Crippen LogP contribution in [0, 0.1) is 0 Å². The third kappa shape index (κ3) is 5.14. The fourth-order valence-corrected chi connectivity index (χ4v) is 2.81. The second kappa shape index (κ2) is 8.19. The lowest BCUT2D eigenvalue weighted by molar-refractivity contribution is -0.137. The standard InChI is InChI=1S/C19H17ClF3NO3/c20-14-6-3-12(4-7-14)18(25)24-16-10-13(19(21,22)23)5-8-17(16)27-11-15-2-1-9-26-15/h3-8,10,15H,1-2,9,11H2,(H,24,25)/t15-/m1/s1. The Bertz CT molecular complexity index is 803. The second-order valence-electron chi connectivity index (χ2n) is 6.12. The molecule has 27 heavy (non-hydrogen) atoms. The van der Waals surface area contributed by atoms with Gasteiger partial charge in [-0.05, 0) is 55.3 Å². The molecule has 1 aliphatic rings. The molecule has 0 aliphatic carbocycles. The number of ether oxygens (including phenoxy) is 2. The number of anilines is 1. The molecule has 0 radical (unpaired) electrons. The lowest BCUT2D eigenvalue weighted by atomic mass is 10.1. The Morgan fingerprint density at radius 3 is 2.59 bits per heavy atom. The van der Waals surface area contributed by atoms with Gasteiger partial charge in [-0.3, -0.25) is 4.79 Å². The smallest absolute Gasteiger partial charge is 0.416 e. The molecule has 4 nitrogen and oxygen atoms in total. The third-order valence-electron chi connectivity index (χ3n) is 4.11. The maximum absolute atomic E-state index is 13.0. The van der Waals surface area contributed by atoms with Crippen LogP contribution in [0.1, 0.15) is 28.8 Å². The van der Waals surface area contributed by atoms with E-state index in [2.05, 4.69) is 5.32 Å². The van der Waals surface area contributed by atoms with Gasteiger partial charge in [-0.1, -0.05) is 11.6 Å². The topological polar surface area (TPSA) is 47.6 Å². The SMILES string of the molecule is O=C(Nc1cc(C(F)(F)F)ccc1OC[C@H]1CCCO1)c1ccc(Cl)cc1. The van der Waals surface area contributed by atoms with Crippen molar-refractivity contribution in [2.45, 2.75) is 25.1 Å². The third-order valence-corrected chi connectivity index (χ3v) is 4.36. The van der Waals surface area contributed by atoms with E-state index < -0.39 is 17.6 Å². The molecule has 0 unspecified atom stereocenters. The number of carbonyl (C=O) groups excluding carboxylic acids is 1. The molecule has 1 atom stereocenters. The van der Waals surface area contributed by atoms with Gasteiger partial charge in [-0.15, -0.1) is 0 Å². The molecule has 1 amide bonds. The fourth-order valence-electron chi connectivity index (χ4n) is 2.68. The Hall–Kier alpha value is -2.25. The van der Waals surface area contributed by atoms with E-state index in [9.17, 15) is 18.0 Å². The minimum atomic E-state index is -4.53. The quantitative estimate of drug-likeness (QED) is 0.754. The van der Waals surface area contributed by atoms with E-state index in [1.165, 1.54) is 30.3 Å². The summed E-state index contributed by atoms with van der Waals surface area (Å²) >= 11 is 5.79. The van der Waals surface area contributed by atoms with Crippen LogP contribution in [0.3, 0.4) is 0 Å². The van der Waals surface area contributed by atoms with Crippen LogP contribution in [0.5, 0.6) is 5.75 Å². The first-order valence-corrected chi connectivity index (χ1v) is 8.73. The molecule has 8 heteroatoms. The van der Waals surface area contributed by atoms with Gasteiger partial charge in [0.2, 0.25) is 0 Å². The van der Waals surface area contributed by atoms with Crippen LogP contribution in [0.25, 0.3) is 0 Å². The molecule has 1 N–H and O–H groups in total. The number of carbonyl (C=O) groups is 1. The van der Waals surface area contributed by atoms with Crippen LogP contribution in [-0.4, -0.2) is 25.2 Å². The zero-order valence-corrected chi connectivity index (χ0v) is 14.9. The Balaban J connectivity index is 1.82. The van der Waals surface area contributed by atoms with Gasteiger partial charge >= 0.3 is 6.18 Å². The first-order valence-electron chi connectivity index (χ1n) is 8.35. The van der Waals surface area contributed by atoms with Crippen molar-refractivity contribution in [1.82, 2.24) is 0 Å². The Morgan fingerprint density at radius 2 is 1.96 bits per heavy atom. The molecule has 0 saturated carbocycles. The van der Waals surface area contributed by atoms with Gasteiger partial charge in [-0.2, -0.15) is 13.2 Å². The number of alkyl halides is 3. The van der Waals surface area contributed by atoms with Crippen molar-refractivity contribution in [3.05, 3.63) is 58.6 Å². The summed E-state index contributed by atoms with van der Waals surface area (Å²) in [4.78, 5) is 12.4. The number of amides is 1. The molecule has 1 fully saturated rings. The Kier molecular flexibility index (Phi) is 5.92. The molecule has 2 aromatic carbocycles. The van der Waals surface area contributed by atoms with E-state index in [1.807, 2.05) is 0 Å². The highest BCUT2D eigenvalue weighted by Gasteiger charge is 2.31. The molecule has 2 aromatic rings. The van der Waals surface area contributed by atoms with Crippen molar-refractivity contribution in [1.29, 1.82) is 0 Å². The number of hydrogen-bond donors (Lipinski definition) is 1. The van der Waals surface area contributed by atoms with Gasteiger partial charge in [0.25, 0.3) is 5.91 Å². The first kappa shape index (κ1) is 19.5.